The number of nitrogens with zero attached hydrogens (tertiary/aromatic N) is 3. The molecule has 26 heavy (non-hydrogen) atoms. The Morgan fingerprint density at radius 2 is 2.04 bits per heavy atom. The Morgan fingerprint density at radius 3 is 2.81 bits per heavy atom. The van der Waals surface area contributed by atoms with Crippen molar-refractivity contribution < 1.29 is 0 Å². The largest absolute Gasteiger partial charge is 0.309 e. The lowest BCUT2D eigenvalue weighted by Crippen LogP contribution is -2.11. The van der Waals surface area contributed by atoms with Crippen LogP contribution in [0.2, 0.25) is 0 Å². The summed E-state index contributed by atoms with van der Waals surface area (Å²) in [5, 5.41) is 1.56. The second-order valence-electron chi connectivity index (χ2n) is 5.82. The zero-order valence-electron chi connectivity index (χ0n) is 14.1. The number of halogens is 1. The van der Waals surface area contributed by atoms with E-state index in [-0.39, 0.29) is 5.56 Å². The molecule has 0 aliphatic heterocycles. The summed E-state index contributed by atoms with van der Waals surface area (Å²) in [6.45, 7) is 3.99. The standard InChI is InChI=1S/C18H15BrN4OS2/c1-10-11(2)26-17-15(10)16(24)21-14(22-17)9-25-18-20-7-8-23(18)13-5-3-12(19)4-6-13/h3-8H,9H2,1-2H3,(H,21,22,24). The molecule has 3 heterocycles. The maximum atomic E-state index is 12.4. The first-order valence-electron chi connectivity index (χ1n) is 7.94. The molecule has 1 aromatic carbocycles. The molecular weight excluding hydrogens is 432 g/mol. The molecule has 0 amide bonds. The van der Waals surface area contributed by atoms with Crippen LogP contribution in [-0.4, -0.2) is 19.5 Å². The van der Waals surface area contributed by atoms with Gasteiger partial charge in [0, 0.05) is 27.4 Å². The fourth-order valence-corrected chi connectivity index (χ4v) is 4.85. The summed E-state index contributed by atoms with van der Waals surface area (Å²) >= 11 is 6.56. The second kappa shape index (κ2) is 7.02. The Kier molecular flexibility index (Phi) is 4.73. The van der Waals surface area contributed by atoms with Crippen LogP contribution >= 0.6 is 39.0 Å². The monoisotopic (exact) mass is 446 g/mol. The van der Waals surface area contributed by atoms with E-state index in [4.69, 9.17) is 0 Å². The lowest BCUT2D eigenvalue weighted by molar-refractivity contribution is 0.892. The van der Waals surface area contributed by atoms with Crippen LogP contribution in [0.5, 0.6) is 0 Å². The van der Waals surface area contributed by atoms with E-state index in [1.54, 1.807) is 29.3 Å². The zero-order chi connectivity index (χ0) is 18.3. The smallest absolute Gasteiger partial charge is 0.259 e. The Bertz CT molecular complexity index is 1140. The number of thiophene rings is 1. The number of imidazole rings is 1. The van der Waals surface area contributed by atoms with Crippen LogP contribution in [0.1, 0.15) is 16.3 Å². The molecule has 132 valence electrons. The lowest BCUT2D eigenvalue weighted by Gasteiger charge is -2.07. The van der Waals surface area contributed by atoms with Crippen LogP contribution in [0.3, 0.4) is 0 Å². The number of nitrogens with one attached hydrogen (secondary N) is 1. The number of hydrogen-bond acceptors (Lipinski definition) is 5. The molecule has 0 saturated heterocycles. The quantitative estimate of drug-likeness (QED) is 0.455. The van der Waals surface area contributed by atoms with Crippen molar-refractivity contribution in [3.05, 3.63) is 67.8 Å². The maximum Gasteiger partial charge on any atom is 0.259 e. The first-order chi connectivity index (χ1) is 12.5. The minimum absolute atomic E-state index is 0.0660. The number of rotatable bonds is 4. The number of hydrogen-bond donors (Lipinski definition) is 1. The average molecular weight is 447 g/mol. The Balaban J connectivity index is 1.61. The van der Waals surface area contributed by atoms with E-state index >= 15 is 0 Å². The molecule has 5 nitrogen and oxygen atoms in total. The third-order valence-corrected chi connectivity index (χ3v) is 6.75. The van der Waals surface area contributed by atoms with Crippen LogP contribution in [0.15, 0.2) is 51.1 Å². The Labute approximate surface area is 166 Å². The van der Waals surface area contributed by atoms with E-state index in [0.717, 1.165) is 30.6 Å². The zero-order valence-corrected chi connectivity index (χ0v) is 17.3. The van der Waals surface area contributed by atoms with Crippen molar-refractivity contribution in [3.8, 4) is 5.69 Å². The van der Waals surface area contributed by atoms with Crippen LogP contribution in [-0.2, 0) is 5.75 Å². The van der Waals surface area contributed by atoms with E-state index in [9.17, 15) is 4.79 Å². The molecule has 0 spiro atoms. The van der Waals surface area contributed by atoms with Crippen LogP contribution in [0, 0.1) is 13.8 Å². The second-order valence-corrected chi connectivity index (χ2v) is 8.88. The van der Waals surface area contributed by atoms with Crippen molar-refractivity contribution in [1.82, 2.24) is 19.5 Å². The van der Waals surface area contributed by atoms with Gasteiger partial charge in [0.25, 0.3) is 5.56 Å². The van der Waals surface area contributed by atoms with Gasteiger partial charge in [0.2, 0.25) is 0 Å². The topological polar surface area (TPSA) is 63.6 Å². The van der Waals surface area contributed by atoms with Gasteiger partial charge < -0.3 is 4.98 Å². The summed E-state index contributed by atoms with van der Waals surface area (Å²) in [6.07, 6.45) is 3.70. The molecule has 3 aromatic heterocycles. The minimum atomic E-state index is -0.0660. The van der Waals surface area contributed by atoms with Crippen molar-refractivity contribution in [3.63, 3.8) is 0 Å². The predicted molar refractivity (Wildman–Crippen MR) is 111 cm³/mol. The van der Waals surface area contributed by atoms with Crippen molar-refractivity contribution >= 4 is 49.2 Å². The normalized spacial score (nSPS) is 11.3. The predicted octanol–water partition coefficient (Wildman–Crippen LogP) is 4.84. The highest BCUT2D eigenvalue weighted by Crippen LogP contribution is 2.27. The third-order valence-electron chi connectivity index (χ3n) is 4.14. The van der Waals surface area contributed by atoms with Crippen LogP contribution in [0.4, 0.5) is 0 Å². The summed E-state index contributed by atoms with van der Waals surface area (Å²) in [7, 11) is 0. The summed E-state index contributed by atoms with van der Waals surface area (Å²) < 4.78 is 3.06. The molecule has 4 aromatic rings. The molecule has 0 bridgehead atoms. The van der Waals surface area contributed by atoms with Crippen LogP contribution in [0.25, 0.3) is 15.9 Å². The number of aryl methyl sites for hydroxylation is 2. The van der Waals surface area contributed by atoms with E-state index in [0.29, 0.717) is 17.0 Å². The fourth-order valence-electron chi connectivity index (χ4n) is 2.70. The van der Waals surface area contributed by atoms with Gasteiger partial charge in [-0.3, -0.25) is 9.36 Å². The molecule has 0 fully saturated rings. The molecule has 0 atom stereocenters. The summed E-state index contributed by atoms with van der Waals surface area (Å²) in [4.78, 5) is 26.3. The highest BCUT2D eigenvalue weighted by Gasteiger charge is 2.13. The minimum Gasteiger partial charge on any atom is -0.309 e. The Morgan fingerprint density at radius 1 is 1.27 bits per heavy atom. The first-order valence-corrected chi connectivity index (χ1v) is 10.5. The van der Waals surface area contributed by atoms with Gasteiger partial charge in [-0.05, 0) is 43.7 Å². The molecule has 0 aliphatic carbocycles. The summed E-state index contributed by atoms with van der Waals surface area (Å²) in [5.41, 5.74) is 1.99. The molecule has 0 aliphatic rings. The highest BCUT2D eigenvalue weighted by atomic mass is 79.9. The van der Waals surface area contributed by atoms with Crippen LogP contribution < -0.4 is 5.56 Å². The molecule has 8 heteroatoms. The van der Waals surface area contributed by atoms with Gasteiger partial charge in [0.15, 0.2) is 5.16 Å². The van der Waals surface area contributed by atoms with E-state index in [2.05, 4.69) is 30.9 Å². The van der Waals surface area contributed by atoms with Crippen molar-refractivity contribution in [2.45, 2.75) is 24.8 Å². The van der Waals surface area contributed by atoms with Gasteiger partial charge in [-0.1, -0.05) is 27.7 Å². The maximum absolute atomic E-state index is 12.4. The fraction of sp³-hybridized carbons (Fsp3) is 0.167. The van der Waals surface area contributed by atoms with Gasteiger partial charge >= 0.3 is 0 Å². The van der Waals surface area contributed by atoms with E-state index in [1.807, 2.05) is 48.9 Å². The van der Waals surface area contributed by atoms with E-state index < -0.39 is 0 Å². The van der Waals surface area contributed by atoms with Gasteiger partial charge in [0.1, 0.15) is 10.7 Å². The molecular formula is C18H15BrN4OS2. The van der Waals surface area contributed by atoms with Gasteiger partial charge in [0.05, 0.1) is 11.1 Å². The molecule has 0 saturated carbocycles. The average Bonchev–Trinajstić information content (AvgIpc) is 3.19. The van der Waals surface area contributed by atoms with Gasteiger partial charge in [-0.15, -0.1) is 11.3 Å². The third kappa shape index (κ3) is 3.24. The number of aromatic nitrogens is 4. The first kappa shape index (κ1) is 17.5. The molecule has 4 rings (SSSR count). The molecule has 1 N–H and O–H groups in total. The Hall–Kier alpha value is -1.90. The van der Waals surface area contributed by atoms with Crippen molar-refractivity contribution in [2.24, 2.45) is 0 Å². The number of thioether (sulfide) groups is 1. The molecule has 0 radical (unpaired) electrons. The summed E-state index contributed by atoms with van der Waals surface area (Å²) in [5.74, 6) is 1.22. The van der Waals surface area contributed by atoms with E-state index in [1.165, 1.54) is 0 Å². The van der Waals surface area contributed by atoms with Gasteiger partial charge in [-0.25, -0.2) is 9.97 Å². The summed E-state index contributed by atoms with van der Waals surface area (Å²) in [6, 6.07) is 8.05. The van der Waals surface area contributed by atoms with Crippen molar-refractivity contribution in [2.75, 3.05) is 0 Å². The number of aromatic amines is 1. The highest BCUT2D eigenvalue weighted by molar-refractivity contribution is 9.10. The number of fused-ring (bicyclic) bond motifs is 1. The van der Waals surface area contributed by atoms with Crippen molar-refractivity contribution in [1.29, 1.82) is 0 Å². The lowest BCUT2D eigenvalue weighted by atomic mass is 10.2. The number of H-pyrrole nitrogens is 1. The number of benzene rings is 1. The SMILES string of the molecule is Cc1sc2nc(CSc3nccn3-c3ccc(Br)cc3)[nH]c(=O)c2c1C. The molecule has 0 unspecified atom stereocenters. The van der Waals surface area contributed by atoms with Gasteiger partial charge in [-0.2, -0.15) is 0 Å².